The third kappa shape index (κ3) is 11.0. The smallest absolute Gasteiger partial charge is 0.321 e. The van der Waals surface area contributed by atoms with E-state index >= 15 is 0 Å². The van der Waals surface area contributed by atoms with Gasteiger partial charge in [-0.3, -0.25) is 9.59 Å². The van der Waals surface area contributed by atoms with Crippen LogP contribution in [0.5, 0.6) is 11.5 Å². The second-order valence-electron chi connectivity index (χ2n) is 6.68. The maximum Gasteiger partial charge on any atom is 0.321 e. The van der Waals surface area contributed by atoms with Gasteiger partial charge in [0.25, 0.3) is 0 Å². The molecule has 0 saturated heterocycles. The maximum atomic E-state index is 10.4. The number of benzene rings is 2. The van der Waals surface area contributed by atoms with Crippen LogP contribution in [0.2, 0.25) is 0 Å². The Labute approximate surface area is 171 Å². The Morgan fingerprint density at radius 3 is 1.97 bits per heavy atom. The van der Waals surface area contributed by atoms with E-state index < -0.39 is 12.0 Å². The van der Waals surface area contributed by atoms with E-state index in [2.05, 4.69) is 0 Å². The first-order valence-corrected chi connectivity index (χ1v) is 9.68. The number of hydrogen-bond acceptors (Lipinski definition) is 6. The van der Waals surface area contributed by atoms with Crippen molar-refractivity contribution in [2.45, 2.75) is 44.2 Å². The molecule has 0 bridgehead atoms. The number of nitrogens with two attached hydrogens (primary N) is 3. The SMILES string of the molecule is NC1CCCCC1.NCC(N)C(=O)O.O=Cc1ccc(Oc2ccccc2)cc1. The Morgan fingerprint density at radius 1 is 1.03 bits per heavy atom. The number of aldehydes is 1. The van der Waals surface area contributed by atoms with E-state index in [9.17, 15) is 9.59 Å². The molecular formula is C22H31N3O4. The van der Waals surface area contributed by atoms with E-state index in [-0.39, 0.29) is 6.54 Å². The summed E-state index contributed by atoms with van der Waals surface area (Å²) < 4.78 is 5.56. The first-order valence-electron chi connectivity index (χ1n) is 9.68. The number of carbonyl (C=O) groups is 2. The molecule has 0 aliphatic heterocycles. The summed E-state index contributed by atoms with van der Waals surface area (Å²) >= 11 is 0. The Balaban J connectivity index is 0.000000251. The fourth-order valence-electron chi connectivity index (χ4n) is 2.47. The summed E-state index contributed by atoms with van der Waals surface area (Å²) in [5, 5.41) is 7.98. The average Bonchev–Trinajstić information content (AvgIpc) is 2.76. The number of rotatable bonds is 5. The molecule has 29 heavy (non-hydrogen) atoms. The molecule has 1 atom stereocenters. The zero-order valence-electron chi connectivity index (χ0n) is 16.6. The van der Waals surface area contributed by atoms with Crippen molar-refractivity contribution in [3.63, 3.8) is 0 Å². The highest BCUT2D eigenvalue weighted by atomic mass is 16.5. The highest BCUT2D eigenvalue weighted by molar-refractivity contribution is 5.74. The zero-order valence-corrected chi connectivity index (χ0v) is 16.6. The molecule has 1 unspecified atom stereocenters. The van der Waals surface area contributed by atoms with Gasteiger partial charge < -0.3 is 27.0 Å². The Bertz CT molecular complexity index is 702. The Kier molecular flexibility index (Phi) is 12.0. The third-order valence-electron chi connectivity index (χ3n) is 4.22. The van der Waals surface area contributed by atoms with E-state index in [1.54, 1.807) is 24.3 Å². The Morgan fingerprint density at radius 2 is 1.59 bits per heavy atom. The maximum absolute atomic E-state index is 10.4. The molecule has 0 heterocycles. The van der Waals surface area contributed by atoms with Gasteiger partial charge in [0.05, 0.1) is 0 Å². The van der Waals surface area contributed by atoms with Gasteiger partial charge in [-0.15, -0.1) is 0 Å². The monoisotopic (exact) mass is 401 g/mol. The molecule has 1 saturated carbocycles. The largest absolute Gasteiger partial charge is 0.480 e. The van der Waals surface area contributed by atoms with Crippen LogP contribution in [0.1, 0.15) is 42.5 Å². The molecule has 1 aliphatic carbocycles. The zero-order chi connectivity index (χ0) is 21.5. The van der Waals surface area contributed by atoms with Gasteiger partial charge >= 0.3 is 5.97 Å². The number of ether oxygens (including phenoxy) is 1. The molecule has 0 spiro atoms. The van der Waals surface area contributed by atoms with Gasteiger partial charge in [-0.05, 0) is 49.2 Å². The molecule has 0 radical (unpaired) electrons. The van der Waals surface area contributed by atoms with Gasteiger partial charge in [0.2, 0.25) is 0 Å². The Hall–Kier alpha value is -2.74. The van der Waals surface area contributed by atoms with E-state index in [0.717, 1.165) is 17.8 Å². The molecule has 0 aromatic heterocycles. The quantitative estimate of drug-likeness (QED) is 0.564. The molecule has 2 aromatic rings. The van der Waals surface area contributed by atoms with Crippen molar-refractivity contribution in [3.05, 3.63) is 60.2 Å². The van der Waals surface area contributed by atoms with Crippen molar-refractivity contribution < 1.29 is 19.4 Å². The molecule has 1 fully saturated rings. The molecule has 158 valence electrons. The topological polar surface area (TPSA) is 142 Å². The lowest BCUT2D eigenvalue weighted by Crippen LogP contribution is -2.37. The lowest BCUT2D eigenvalue weighted by molar-refractivity contribution is -0.138. The fraction of sp³-hybridized carbons (Fsp3) is 0.364. The van der Waals surface area contributed by atoms with Crippen LogP contribution < -0.4 is 21.9 Å². The van der Waals surface area contributed by atoms with Gasteiger partial charge in [-0.1, -0.05) is 37.5 Å². The van der Waals surface area contributed by atoms with Crippen LogP contribution in [0.15, 0.2) is 54.6 Å². The predicted molar refractivity (Wildman–Crippen MR) is 114 cm³/mol. The molecule has 0 amide bonds. The van der Waals surface area contributed by atoms with Crippen molar-refractivity contribution in [1.29, 1.82) is 0 Å². The van der Waals surface area contributed by atoms with Gasteiger partial charge in [0.15, 0.2) is 0 Å². The van der Waals surface area contributed by atoms with Crippen LogP contribution in [-0.4, -0.2) is 36.0 Å². The van der Waals surface area contributed by atoms with E-state index in [1.165, 1.54) is 32.1 Å². The molecule has 2 aromatic carbocycles. The summed E-state index contributed by atoms with van der Waals surface area (Å²) in [6.07, 6.45) is 7.47. The average molecular weight is 402 g/mol. The highest BCUT2D eigenvalue weighted by Gasteiger charge is 2.06. The number of hydrogen-bond donors (Lipinski definition) is 4. The van der Waals surface area contributed by atoms with E-state index in [4.69, 9.17) is 27.0 Å². The second kappa shape index (κ2) is 14.3. The van der Waals surface area contributed by atoms with Crippen LogP contribution in [-0.2, 0) is 4.79 Å². The standard InChI is InChI=1S/C13H10O2.C6H13N.C3H8N2O2/c14-10-11-6-8-13(9-7-11)15-12-4-2-1-3-5-12;7-6-4-2-1-3-5-6;4-1-2(5)3(6)7/h1-10H;6H,1-5,7H2;2H,1,4-5H2,(H,6,7). The normalized spacial score (nSPS) is 14.3. The van der Waals surface area contributed by atoms with Crippen LogP contribution in [0, 0.1) is 0 Å². The van der Waals surface area contributed by atoms with Gasteiger partial charge in [-0.25, -0.2) is 0 Å². The van der Waals surface area contributed by atoms with Crippen molar-refractivity contribution in [2.24, 2.45) is 17.2 Å². The van der Waals surface area contributed by atoms with Crippen LogP contribution >= 0.6 is 0 Å². The molecule has 7 N–H and O–H groups in total. The van der Waals surface area contributed by atoms with Gasteiger partial charge in [0.1, 0.15) is 23.8 Å². The summed E-state index contributed by atoms with van der Waals surface area (Å²) in [5.41, 5.74) is 16.0. The van der Waals surface area contributed by atoms with E-state index in [1.807, 2.05) is 30.3 Å². The molecule has 7 heteroatoms. The fourth-order valence-corrected chi connectivity index (χ4v) is 2.47. The number of aliphatic carboxylic acids is 1. The summed E-state index contributed by atoms with van der Waals surface area (Å²) in [4.78, 5) is 20.2. The van der Waals surface area contributed by atoms with Crippen molar-refractivity contribution in [2.75, 3.05) is 6.54 Å². The van der Waals surface area contributed by atoms with Crippen LogP contribution in [0.25, 0.3) is 0 Å². The van der Waals surface area contributed by atoms with Gasteiger partial charge in [-0.2, -0.15) is 0 Å². The van der Waals surface area contributed by atoms with Crippen molar-refractivity contribution >= 4 is 12.3 Å². The summed E-state index contributed by atoms with van der Waals surface area (Å²) in [5.74, 6) is 0.464. The minimum atomic E-state index is -1.05. The summed E-state index contributed by atoms with van der Waals surface area (Å²) in [6, 6.07) is 16.2. The molecular weight excluding hydrogens is 370 g/mol. The van der Waals surface area contributed by atoms with Crippen LogP contribution in [0.3, 0.4) is 0 Å². The molecule has 7 nitrogen and oxygen atoms in total. The lowest BCUT2D eigenvalue weighted by Gasteiger charge is -2.15. The van der Waals surface area contributed by atoms with Gasteiger partial charge in [0, 0.05) is 18.2 Å². The lowest BCUT2D eigenvalue weighted by atomic mass is 9.97. The first kappa shape index (κ1) is 24.3. The number of carbonyl (C=O) groups excluding carboxylic acids is 1. The summed E-state index contributed by atoms with van der Waals surface area (Å²) in [6.45, 7) is -0.00463. The summed E-state index contributed by atoms with van der Waals surface area (Å²) in [7, 11) is 0. The minimum absolute atomic E-state index is 0.00463. The van der Waals surface area contributed by atoms with E-state index in [0.29, 0.717) is 11.6 Å². The second-order valence-corrected chi connectivity index (χ2v) is 6.68. The van der Waals surface area contributed by atoms with Crippen LogP contribution in [0.4, 0.5) is 0 Å². The molecule has 1 aliphatic rings. The highest BCUT2D eigenvalue weighted by Crippen LogP contribution is 2.20. The number of carboxylic acid groups (broad SMARTS) is 1. The predicted octanol–water partition coefficient (Wildman–Crippen LogP) is 2.93. The number of para-hydroxylation sites is 1. The van der Waals surface area contributed by atoms with Crippen molar-refractivity contribution in [1.82, 2.24) is 0 Å². The first-order chi connectivity index (χ1) is 14.0. The number of carboxylic acids is 1. The molecule has 3 rings (SSSR count). The van der Waals surface area contributed by atoms with Crippen molar-refractivity contribution in [3.8, 4) is 11.5 Å². The third-order valence-corrected chi connectivity index (χ3v) is 4.22. The minimum Gasteiger partial charge on any atom is -0.480 e.